The van der Waals surface area contributed by atoms with E-state index in [0.717, 1.165) is 0 Å². The number of rotatable bonds is 7. The Balaban J connectivity index is 2.78. The van der Waals surface area contributed by atoms with Gasteiger partial charge in [-0.1, -0.05) is 13.8 Å². The number of nitrogens with two attached hydrogens (primary N) is 2. The monoisotopic (exact) mass is 258 g/mol. The van der Waals surface area contributed by atoms with Crippen molar-refractivity contribution in [3.63, 3.8) is 0 Å². The number of aromatic nitrogens is 2. The predicted octanol–water partition coefficient (Wildman–Crippen LogP) is -0.0215. The first-order valence-electron chi connectivity index (χ1n) is 5.41. The summed E-state index contributed by atoms with van der Waals surface area (Å²) in [6.07, 6.45) is 0. The third-order valence-electron chi connectivity index (χ3n) is 1.82. The molecule has 0 radical (unpaired) electrons. The van der Waals surface area contributed by atoms with Gasteiger partial charge in [-0.2, -0.15) is 9.97 Å². The lowest BCUT2D eigenvalue weighted by molar-refractivity contribution is -0.0664. The third kappa shape index (κ3) is 4.22. The van der Waals surface area contributed by atoms with Gasteiger partial charge in [0.1, 0.15) is 6.79 Å². The highest BCUT2D eigenvalue weighted by Crippen LogP contribution is 2.28. The molecular formula is C10H18N4O4. The molecule has 0 atom stereocenters. The van der Waals surface area contributed by atoms with Crippen LogP contribution in [-0.4, -0.2) is 35.3 Å². The summed E-state index contributed by atoms with van der Waals surface area (Å²) in [5, 5.41) is 8.45. The van der Waals surface area contributed by atoms with E-state index in [1.54, 1.807) is 0 Å². The lowest BCUT2D eigenvalue weighted by Gasteiger charge is -2.13. The molecule has 0 fully saturated rings. The number of ether oxygens (including phenoxy) is 3. The fourth-order valence-electron chi connectivity index (χ4n) is 1.05. The molecule has 0 saturated carbocycles. The molecule has 0 spiro atoms. The Morgan fingerprint density at radius 2 is 1.78 bits per heavy atom. The van der Waals surface area contributed by atoms with E-state index in [9.17, 15) is 0 Å². The molecule has 102 valence electrons. The average molecular weight is 258 g/mol. The molecule has 0 aliphatic heterocycles. The molecule has 0 unspecified atom stereocenters. The van der Waals surface area contributed by atoms with Crippen molar-refractivity contribution >= 4 is 11.6 Å². The molecule has 0 aliphatic carbocycles. The van der Waals surface area contributed by atoms with Crippen LogP contribution < -0.4 is 20.9 Å². The van der Waals surface area contributed by atoms with Crippen molar-refractivity contribution in [2.24, 2.45) is 5.92 Å². The van der Waals surface area contributed by atoms with E-state index in [-0.39, 0.29) is 30.2 Å². The number of hydrogen-bond acceptors (Lipinski definition) is 8. The number of nitrogens with zero attached hydrogens (tertiary/aromatic N) is 2. The van der Waals surface area contributed by atoms with E-state index >= 15 is 0 Å². The number of aliphatic hydroxyl groups excluding tert-OH is 1. The van der Waals surface area contributed by atoms with Crippen LogP contribution in [0.15, 0.2) is 0 Å². The molecule has 5 N–H and O–H groups in total. The molecular weight excluding hydrogens is 240 g/mol. The number of anilines is 2. The van der Waals surface area contributed by atoms with Gasteiger partial charge in [-0.3, -0.25) is 0 Å². The zero-order chi connectivity index (χ0) is 13.5. The first-order chi connectivity index (χ1) is 8.54. The smallest absolute Gasteiger partial charge is 0.248 e. The van der Waals surface area contributed by atoms with Gasteiger partial charge in [0.05, 0.1) is 6.61 Å². The van der Waals surface area contributed by atoms with Crippen molar-refractivity contribution in [2.75, 3.05) is 31.7 Å². The molecule has 0 amide bonds. The maximum absolute atomic E-state index is 8.45. The van der Waals surface area contributed by atoms with Gasteiger partial charge < -0.3 is 30.8 Å². The van der Waals surface area contributed by atoms with Crippen LogP contribution in [-0.2, 0) is 4.74 Å². The zero-order valence-electron chi connectivity index (χ0n) is 10.4. The van der Waals surface area contributed by atoms with E-state index in [4.69, 9.17) is 26.0 Å². The second-order valence-corrected chi connectivity index (χ2v) is 3.91. The van der Waals surface area contributed by atoms with Crippen LogP contribution in [0.3, 0.4) is 0 Å². The van der Waals surface area contributed by atoms with Crippen molar-refractivity contribution in [3.05, 3.63) is 0 Å². The highest BCUT2D eigenvalue weighted by molar-refractivity contribution is 5.58. The Hall–Kier alpha value is -1.80. The minimum atomic E-state index is -0.461. The quantitative estimate of drug-likeness (QED) is 0.460. The fourth-order valence-corrected chi connectivity index (χ4v) is 1.05. The minimum Gasteiger partial charge on any atom is -0.476 e. The number of hydrogen-bond donors (Lipinski definition) is 3. The molecule has 0 aromatic carbocycles. The van der Waals surface area contributed by atoms with E-state index in [1.165, 1.54) is 0 Å². The standard InChI is InChI=1S/C10H18N4O4/c1-6(2)3-17-8-7(11)9(14-10(12)13-8)18-5-16-4-15/h6,15H,3-5,11H2,1-2H3,(H2,12,13,14). The van der Waals surface area contributed by atoms with Crippen molar-refractivity contribution in [2.45, 2.75) is 13.8 Å². The van der Waals surface area contributed by atoms with Gasteiger partial charge in [-0.15, -0.1) is 0 Å². The minimum absolute atomic E-state index is 0.0121. The molecule has 18 heavy (non-hydrogen) atoms. The number of nitrogen functional groups attached to an aromatic ring is 2. The largest absolute Gasteiger partial charge is 0.476 e. The van der Waals surface area contributed by atoms with Gasteiger partial charge in [-0.05, 0) is 5.92 Å². The predicted molar refractivity (Wildman–Crippen MR) is 64.9 cm³/mol. The first kappa shape index (κ1) is 14.3. The lowest BCUT2D eigenvalue weighted by Crippen LogP contribution is -2.12. The molecule has 1 aromatic heterocycles. The molecule has 0 aliphatic rings. The Morgan fingerprint density at radius 3 is 2.33 bits per heavy atom. The van der Waals surface area contributed by atoms with Crippen LogP contribution >= 0.6 is 0 Å². The topological polar surface area (TPSA) is 126 Å². The molecule has 1 aromatic rings. The van der Waals surface area contributed by atoms with Gasteiger partial charge in [0, 0.05) is 0 Å². The summed E-state index contributed by atoms with van der Waals surface area (Å²) in [6, 6.07) is 0. The molecule has 8 heteroatoms. The average Bonchev–Trinajstić information content (AvgIpc) is 2.31. The van der Waals surface area contributed by atoms with Gasteiger partial charge in [0.25, 0.3) is 0 Å². The van der Waals surface area contributed by atoms with E-state index < -0.39 is 6.79 Å². The van der Waals surface area contributed by atoms with Crippen LogP contribution in [0, 0.1) is 5.92 Å². The fraction of sp³-hybridized carbons (Fsp3) is 0.600. The second kappa shape index (κ2) is 6.82. The van der Waals surface area contributed by atoms with Crippen LogP contribution in [0.2, 0.25) is 0 Å². The van der Waals surface area contributed by atoms with Crippen LogP contribution in [0.25, 0.3) is 0 Å². The highest BCUT2D eigenvalue weighted by Gasteiger charge is 2.13. The van der Waals surface area contributed by atoms with Crippen molar-refractivity contribution in [3.8, 4) is 11.8 Å². The first-order valence-corrected chi connectivity index (χ1v) is 5.41. The summed E-state index contributed by atoms with van der Waals surface area (Å²) in [5.74, 6) is 0.550. The summed E-state index contributed by atoms with van der Waals surface area (Å²) in [6.45, 7) is 3.78. The van der Waals surface area contributed by atoms with Crippen LogP contribution in [0.5, 0.6) is 11.8 Å². The van der Waals surface area contributed by atoms with E-state index in [1.807, 2.05) is 13.8 Å². The second-order valence-electron chi connectivity index (χ2n) is 3.91. The summed E-state index contributed by atoms with van der Waals surface area (Å²) < 4.78 is 15.1. The summed E-state index contributed by atoms with van der Waals surface area (Å²) >= 11 is 0. The van der Waals surface area contributed by atoms with Gasteiger partial charge in [0.2, 0.25) is 17.7 Å². The van der Waals surface area contributed by atoms with Crippen molar-refractivity contribution in [1.29, 1.82) is 0 Å². The summed E-state index contributed by atoms with van der Waals surface area (Å²) in [7, 11) is 0. The molecule has 0 bridgehead atoms. The maximum Gasteiger partial charge on any atom is 0.248 e. The molecule has 0 saturated heterocycles. The van der Waals surface area contributed by atoms with Crippen molar-refractivity contribution < 1.29 is 19.3 Å². The number of aliphatic hydroxyl groups is 1. The summed E-state index contributed by atoms with van der Waals surface area (Å²) in [5.41, 5.74) is 11.4. The maximum atomic E-state index is 8.45. The highest BCUT2D eigenvalue weighted by atomic mass is 16.7. The SMILES string of the molecule is CC(C)COc1nc(N)nc(OCOCO)c1N. The van der Waals surface area contributed by atoms with Crippen LogP contribution in [0.4, 0.5) is 11.6 Å². The third-order valence-corrected chi connectivity index (χ3v) is 1.82. The van der Waals surface area contributed by atoms with Gasteiger partial charge in [0.15, 0.2) is 12.5 Å². The normalized spacial score (nSPS) is 10.7. The van der Waals surface area contributed by atoms with Gasteiger partial charge >= 0.3 is 0 Å². The van der Waals surface area contributed by atoms with Crippen molar-refractivity contribution in [1.82, 2.24) is 9.97 Å². The zero-order valence-corrected chi connectivity index (χ0v) is 10.4. The summed E-state index contributed by atoms with van der Waals surface area (Å²) in [4.78, 5) is 7.69. The Labute approximate surface area is 105 Å². The van der Waals surface area contributed by atoms with E-state index in [2.05, 4.69) is 14.7 Å². The Kier molecular flexibility index (Phi) is 5.40. The molecule has 1 heterocycles. The molecule has 8 nitrogen and oxygen atoms in total. The Morgan fingerprint density at radius 1 is 1.17 bits per heavy atom. The van der Waals surface area contributed by atoms with Crippen LogP contribution in [0.1, 0.15) is 13.8 Å². The lowest BCUT2D eigenvalue weighted by atomic mass is 10.2. The molecule has 1 rings (SSSR count). The van der Waals surface area contributed by atoms with E-state index in [0.29, 0.717) is 12.5 Å². The van der Waals surface area contributed by atoms with Gasteiger partial charge in [-0.25, -0.2) is 0 Å². The Bertz CT molecular complexity index is 386.